The van der Waals surface area contributed by atoms with Gasteiger partial charge in [0.25, 0.3) is 0 Å². The van der Waals surface area contributed by atoms with Crippen molar-refractivity contribution in [2.45, 2.75) is 33.1 Å². The summed E-state index contributed by atoms with van der Waals surface area (Å²) < 4.78 is 68.3. The summed E-state index contributed by atoms with van der Waals surface area (Å²) >= 11 is 0. The van der Waals surface area contributed by atoms with Gasteiger partial charge in [0, 0.05) is 11.6 Å². The van der Waals surface area contributed by atoms with Crippen LogP contribution in [0.4, 0.5) is 22.4 Å². The molecule has 27 heavy (non-hydrogen) atoms. The molecule has 0 saturated carbocycles. The number of methoxy groups -OCH3 is 1. The Balaban J connectivity index is 2.39. The molecule has 8 heteroatoms. The van der Waals surface area contributed by atoms with Crippen LogP contribution in [0.25, 0.3) is 0 Å². The third kappa shape index (κ3) is 4.90. The fourth-order valence-corrected chi connectivity index (χ4v) is 2.49. The molecular weight excluding hydrogens is 368 g/mol. The molecule has 0 bridgehead atoms. The van der Waals surface area contributed by atoms with Gasteiger partial charge in [0.2, 0.25) is 0 Å². The molecule has 2 aromatic carbocycles. The summed E-state index contributed by atoms with van der Waals surface area (Å²) in [5, 5.41) is 0. The number of carbonyl (C=O) groups excluding carboxylic acids is 1. The Morgan fingerprint density at radius 3 is 2.44 bits per heavy atom. The Kier molecular flexibility index (Phi) is 6.30. The average molecular weight is 386 g/mol. The van der Waals surface area contributed by atoms with E-state index in [4.69, 9.17) is 9.47 Å². The molecule has 0 amide bonds. The number of halogens is 4. The minimum atomic E-state index is -4.70. The fraction of sp³-hybridized carbons (Fsp3) is 0.316. The normalized spacial score (nSPS) is 11.2. The molecule has 0 saturated heterocycles. The van der Waals surface area contributed by atoms with Crippen molar-refractivity contribution in [1.29, 1.82) is 0 Å². The van der Waals surface area contributed by atoms with E-state index in [1.165, 1.54) is 13.0 Å². The van der Waals surface area contributed by atoms with Gasteiger partial charge in [0.15, 0.2) is 0 Å². The van der Waals surface area contributed by atoms with Crippen LogP contribution >= 0.6 is 0 Å². The van der Waals surface area contributed by atoms with Crippen LogP contribution in [0.1, 0.15) is 29.2 Å². The zero-order chi connectivity index (χ0) is 20.2. The molecule has 0 aliphatic rings. The number of carbonyl (C=O) groups is 1. The number of ether oxygens (including phenoxy) is 3. The zero-order valence-electron chi connectivity index (χ0n) is 14.9. The molecule has 0 radical (unpaired) electrons. The van der Waals surface area contributed by atoms with Gasteiger partial charge < -0.3 is 14.2 Å². The maximum atomic E-state index is 13.8. The van der Waals surface area contributed by atoms with E-state index < -0.39 is 29.5 Å². The van der Waals surface area contributed by atoms with Crippen LogP contribution in [0, 0.1) is 12.7 Å². The summed E-state index contributed by atoms with van der Waals surface area (Å²) in [6.45, 7) is 2.72. The monoisotopic (exact) mass is 386 g/mol. The summed E-state index contributed by atoms with van der Waals surface area (Å²) in [6, 6.07) is 6.22. The second kappa shape index (κ2) is 8.28. The number of aryl methyl sites for hydroxylation is 2. The molecule has 2 aromatic rings. The van der Waals surface area contributed by atoms with E-state index in [1.807, 2.05) is 6.92 Å². The van der Waals surface area contributed by atoms with Crippen molar-refractivity contribution < 1.29 is 36.6 Å². The third-order valence-electron chi connectivity index (χ3n) is 3.91. The van der Waals surface area contributed by atoms with Gasteiger partial charge in [0.05, 0.1) is 12.7 Å². The van der Waals surface area contributed by atoms with Gasteiger partial charge in [-0.15, -0.1) is 0 Å². The average Bonchev–Trinajstić information content (AvgIpc) is 2.61. The van der Waals surface area contributed by atoms with Gasteiger partial charge in [-0.1, -0.05) is 19.1 Å². The van der Waals surface area contributed by atoms with Crippen molar-refractivity contribution in [3.05, 3.63) is 58.4 Å². The van der Waals surface area contributed by atoms with Crippen LogP contribution in [0.15, 0.2) is 30.3 Å². The standard InChI is InChI=1S/C19H18F4O4/c1-4-12-6-5-7-16(27-18(24)25-3)13(12)10-26-17-9-15(20)11(2)8-14(17)19(21,22)23/h5-9H,4,10H2,1-3H3. The van der Waals surface area contributed by atoms with Crippen LogP contribution in [-0.4, -0.2) is 13.3 Å². The third-order valence-corrected chi connectivity index (χ3v) is 3.91. The van der Waals surface area contributed by atoms with Crippen molar-refractivity contribution >= 4 is 6.16 Å². The summed E-state index contributed by atoms with van der Waals surface area (Å²) in [4.78, 5) is 11.4. The first-order chi connectivity index (χ1) is 12.7. The van der Waals surface area contributed by atoms with E-state index in [0.717, 1.165) is 7.11 Å². The Labute approximate surface area is 153 Å². The lowest BCUT2D eigenvalue weighted by Crippen LogP contribution is -2.13. The molecule has 0 aromatic heterocycles. The van der Waals surface area contributed by atoms with Gasteiger partial charge in [-0.2, -0.15) is 13.2 Å². The zero-order valence-corrected chi connectivity index (χ0v) is 14.9. The highest BCUT2D eigenvalue weighted by molar-refractivity contribution is 5.64. The Bertz CT molecular complexity index is 831. The second-order valence-electron chi connectivity index (χ2n) is 5.69. The molecular formula is C19H18F4O4. The number of hydrogen-bond acceptors (Lipinski definition) is 4. The van der Waals surface area contributed by atoms with E-state index in [-0.39, 0.29) is 17.9 Å². The van der Waals surface area contributed by atoms with E-state index >= 15 is 0 Å². The first-order valence-corrected chi connectivity index (χ1v) is 8.04. The molecule has 0 heterocycles. The van der Waals surface area contributed by atoms with Crippen LogP contribution in [0.2, 0.25) is 0 Å². The molecule has 0 aliphatic carbocycles. The van der Waals surface area contributed by atoms with Crippen molar-refractivity contribution in [3.63, 3.8) is 0 Å². The van der Waals surface area contributed by atoms with Crippen molar-refractivity contribution in [2.75, 3.05) is 7.11 Å². The largest absolute Gasteiger partial charge is 0.513 e. The van der Waals surface area contributed by atoms with Gasteiger partial charge in [-0.25, -0.2) is 9.18 Å². The molecule has 0 atom stereocenters. The second-order valence-corrected chi connectivity index (χ2v) is 5.69. The van der Waals surface area contributed by atoms with Crippen LogP contribution in [0.5, 0.6) is 11.5 Å². The summed E-state index contributed by atoms with van der Waals surface area (Å²) in [7, 11) is 1.13. The lowest BCUT2D eigenvalue weighted by molar-refractivity contribution is -0.139. The fourth-order valence-electron chi connectivity index (χ4n) is 2.49. The molecule has 146 valence electrons. The van der Waals surface area contributed by atoms with Crippen LogP contribution < -0.4 is 9.47 Å². The predicted octanol–water partition coefficient (Wildman–Crippen LogP) is 5.44. The summed E-state index contributed by atoms with van der Waals surface area (Å²) in [5.41, 5.74) is -0.138. The Morgan fingerprint density at radius 1 is 1.15 bits per heavy atom. The maximum absolute atomic E-state index is 13.8. The van der Waals surface area contributed by atoms with Crippen LogP contribution in [0.3, 0.4) is 0 Å². The Hall–Kier alpha value is -2.77. The first kappa shape index (κ1) is 20.5. The topological polar surface area (TPSA) is 44.8 Å². The predicted molar refractivity (Wildman–Crippen MR) is 89.3 cm³/mol. The number of benzene rings is 2. The number of rotatable bonds is 5. The highest BCUT2D eigenvalue weighted by Crippen LogP contribution is 2.38. The van der Waals surface area contributed by atoms with Gasteiger partial charge in [0.1, 0.15) is 23.9 Å². The van der Waals surface area contributed by atoms with Gasteiger partial charge >= 0.3 is 12.3 Å². The van der Waals surface area contributed by atoms with Gasteiger partial charge in [-0.05, 0) is 36.6 Å². The molecule has 2 rings (SSSR count). The van der Waals surface area contributed by atoms with Crippen molar-refractivity contribution in [2.24, 2.45) is 0 Å². The number of hydrogen-bond donors (Lipinski definition) is 0. The lowest BCUT2D eigenvalue weighted by Gasteiger charge is -2.18. The smallest absolute Gasteiger partial charge is 0.488 e. The molecule has 0 aliphatic heterocycles. The Morgan fingerprint density at radius 2 is 1.85 bits per heavy atom. The van der Waals surface area contributed by atoms with Crippen LogP contribution in [-0.2, 0) is 23.9 Å². The number of alkyl halides is 3. The molecule has 0 unspecified atom stereocenters. The van der Waals surface area contributed by atoms with Crippen molar-refractivity contribution in [3.8, 4) is 11.5 Å². The van der Waals surface area contributed by atoms with E-state index in [1.54, 1.807) is 12.1 Å². The van der Waals surface area contributed by atoms with E-state index in [9.17, 15) is 22.4 Å². The SMILES string of the molecule is CCc1cccc(OC(=O)OC)c1COc1cc(F)c(C)cc1C(F)(F)F. The highest BCUT2D eigenvalue weighted by atomic mass is 19.4. The quantitative estimate of drug-likeness (QED) is 0.390. The minimum Gasteiger partial charge on any atom is -0.488 e. The highest BCUT2D eigenvalue weighted by Gasteiger charge is 2.35. The molecule has 0 fully saturated rings. The van der Waals surface area contributed by atoms with Crippen molar-refractivity contribution in [1.82, 2.24) is 0 Å². The minimum absolute atomic E-state index is 0.0994. The molecule has 4 nitrogen and oxygen atoms in total. The summed E-state index contributed by atoms with van der Waals surface area (Å²) in [6.07, 6.45) is -5.16. The van der Waals surface area contributed by atoms with E-state index in [0.29, 0.717) is 29.7 Å². The van der Waals surface area contributed by atoms with Gasteiger partial charge in [-0.3, -0.25) is 0 Å². The maximum Gasteiger partial charge on any atom is 0.513 e. The van der Waals surface area contributed by atoms with E-state index in [2.05, 4.69) is 4.74 Å². The lowest BCUT2D eigenvalue weighted by atomic mass is 10.0. The summed E-state index contributed by atoms with van der Waals surface area (Å²) in [5.74, 6) is -1.35. The molecule has 0 spiro atoms. The molecule has 0 N–H and O–H groups in total. The first-order valence-electron chi connectivity index (χ1n) is 8.04.